The molecular formula is C16H20N2O2. The monoisotopic (exact) mass is 272 g/mol. The van der Waals surface area contributed by atoms with Gasteiger partial charge in [-0.25, -0.2) is 4.98 Å². The highest BCUT2D eigenvalue weighted by molar-refractivity contribution is 5.89. The fourth-order valence-electron chi connectivity index (χ4n) is 2.90. The fraction of sp³-hybridized carbons (Fsp3) is 0.562. The predicted octanol–water partition coefficient (Wildman–Crippen LogP) is 2.92. The number of hydrogen-bond acceptors (Lipinski definition) is 4. The average Bonchev–Trinajstić information content (AvgIpc) is 3.00. The largest absolute Gasteiger partial charge is 0.481 e. The summed E-state index contributed by atoms with van der Waals surface area (Å²) in [4.78, 5) is 16.6. The molecule has 1 fully saturated rings. The number of carbonyl (C=O) groups is 1. The van der Waals surface area contributed by atoms with E-state index >= 15 is 0 Å². The third-order valence-electron chi connectivity index (χ3n) is 4.08. The van der Waals surface area contributed by atoms with Crippen molar-refractivity contribution in [3.63, 3.8) is 0 Å². The van der Waals surface area contributed by atoms with E-state index in [4.69, 9.17) is 4.74 Å². The van der Waals surface area contributed by atoms with Gasteiger partial charge in [0.1, 0.15) is 5.41 Å². The minimum absolute atomic E-state index is 0.0587. The van der Waals surface area contributed by atoms with Crippen LogP contribution in [0.2, 0.25) is 0 Å². The summed E-state index contributed by atoms with van der Waals surface area (Å²) in [6, 6.07) is 5.85. The van der Waals surface area contributed by atoms with Gasteiger partial charge in [0.05, 0.1) is 13.2 Å². The van der Waals surface area contributed by atoms with E-state index in [2.05, 4.69) is 11.1 Å². The van der Waals surface area contributed by atoms with Crippen molar-refractivity contribution in [1.82, 2.24) is 4.98 Å². The molecular weight excluding hydrogens is 252 g/mol. The number of ether oxygens (including phenoxy) is 1. The molecule has 0 aromatic carbocycles. The van der Waals surface area contributed by atoms with Crippen LogP contribution in [0.15, 0.2) is 18.3 Å². The summed E-state index contributed by atoms with van der Waals surface area (Å²) in [6.07, 6.45) is 6.11. The Labute approximate surface area is 119 Å². The second kappa shape index (κ2) is 6.04. The first kappa shape index (κ1) is 14.5. The van der Waals surface area contributed by atoms with Crippen LogP contribution in [0, 0.1) is 22.7 Å². The van der Waals surface area contributed by atoms with E-state index in [0.29, 0.717) is 12.3 Å². The van der Waals surface area contributed by atoms with Crippen molar-refractivity contribution in [3.8, 4) is 11.9 Å². The molecule has 1 saturated carbocycles. The first-order valence-electron chi connectivity index (χ1n) is 7.03. The van der Waals surface area contributed by atoms with Crippen LogP contribution in [0.3, 0.4) is 0 Å². The highest BCUT2D eigenvalue weighted by Gasteiger charge is 2.39. The highest BCUT2D eigenvalue weighted by atomic mass is 16.5. The number of pyridine rings is 1. The molecule has 20 heavy (non-hydrogen) atoms. The minimum atomic E-state index is -0.957. The Hall–Kier alpha value is -1.89. The van der Waals surface area contributed by atoms with Gasteiger partial charge < -0.3 is 4.74 Å². The first-order valence-corrected chi connectivity index (χ1v) is 7.03. The Balaban J connectivity index is 2.18. The molecule has 1 aliphatic carbocycles. The number of rotatable bonds is 5. The van der Waals surface area contributed by atoms with Crippen molar-refractivity contribution >= 4 is 5.78 Å². The zero-order chi connectivity index (χ0) is 14.6. The standard InChI is InChI=1S/C16H20N2O2/c1-16(11-17,15(19)13-5-3-4-6-13)10-12-7-8-18-14(9-12)20-2/h7-9,13H,3-6,10H2,1-2H3. The lowest BCUT2D eigenvalue weighted by molar-refractivity contribution is -0.129. The molecule has 4 heteroatoms. The molecule has 1 atom stereocenters. The predicted molar refractivity (Wildman–Crippen MR) is 75.2 cm³/mol. The van der Waals surface area contributed by atoms with Gasteiger partial charge in [-0.05, 0) is 37.8 Å². The molecule has 1 aromatic heterocycles. The number of carbonyl (C=O) groups excluding carboxylic acids is 1. The molecule has 0 aliphatic heterocycles. The Morgan fingerprint density at radius 2 is 2.25 bits per heavy atom. The maximum atomic E-state index is 12.6. The van der Waals surface area contributed by atoms with Gasteiger partial charge in [-0.1, -0.05) is 12.8 Å². The average molecular weight is 272 g/mol. The van der Waals surface area contributed by atoms with Gasteiger partial charge in [-0.15, -0.1) is 0 Å². The smallest absolute Gasteiger partial charge is 0.213 e. The lowest BCUT2D eigenvalue weighted by Crippen LogP contribution is -2.33. The second-order valence-corrected chi connectivity index (χ2v) is 5.67. The van der Waals surface area contributed by atoms with Crippen molar-refractivity contribution in [3.05, 3.63) is 23.9 Å². The highest BCUT2D eigenvalue weighted by Crippen LogP contribution is 2.34. The minimum Gasteiger partial charge on any atom is -0.481 e. The molecule has 0 bridgehead atoms. The maximum absolute atomic E-state index is 12.6. The van der Waals surface area contributed by atoms with Gasteiger partial charge in [-0.3, -0.25) is 4.79 Å². The number of hydrogen-bond donors (Lipinski definition) is 0. The van der Waals surface area contributed by atoms with Crippen LogP contribution in [-0.4, -0.2) is 17.9 Å². The Kier molecular flexibility index (Phi) is 4.39. The number of ketones is 1. The molecule has 1 heterocycles. The summed E-state index contributed by atoms with van der Waals surface area (Å²) in [5.41, 5.74) is -0.0475. The van der Waals surface area contributed by atoms with Crippen molar-refractivity contribution in [2.45, 2.75) is 39.0 Å². The van der Waals surface area contributed by atoms with Gasteiger partial charge in [0.2, 0.25) is 5.88 Å². The Bertz CT molecular complexity index is 530. The molecule has 2 rings (SSSR count). The van der Waals surface area contributed by atoms with Crippen LogP contribution < -0.4 is 4.74 Å². The molecule has 1 aliphatic rings. The SMILES string of the molecule is COc1cc(CC(C)(C#N)C(=O)C2CCCC2)ccn1. The van der Waals surface area contributed by atoms with Crippen molar-refractivity contribution in [2.24, 2.45) is 11.3 Å². The third kappa shape index (κ3) is 2.98. The van der Waals surface area contributed by atoms with E-state index < -0.39 is 5.41 Å². The number of methoxy groups -OCH3 is 1. The molecule has 0 N–H and O–H groups in total. The zero-order valence-corrected chi connectivity index (χ0v) is 12.1. The van der Waals surface area contributed by atoms with Crippen LogP contribution in [0.25, 0.3) is 0 Å². The molecule has 1 aromatic rings. The zero-order valence-electron chi connectivity index (χ0n) is 12.1. The maximum Gasteiger partial charge on any atom is 0.213 e. The Morgan fingerprint density at radius 3 is 2.85 bits per heavy atom. The summed E-state index contributed by atoms with van der Waals surface area (Å²) in [6.45, 7) is 1.75. The number of nitriles is 1. The van der Waals surface area contributed by atoms with Gasteiger partial charge in [0.15, 0.2) is 5.78 Å². The van der Waals surface area contributed by atoms with Gasteiger partial charge in [-0.2, -0.15) is 5.26 Å². The molecule has 4 nitrogen and oxygen atoms in total. The van der Waals surface area contributed by atoms with E-state index in [-0.39, 0.29) is 11.7 Å². The molecule has 0 radical (unpaired) electrons. The van der Waals surface area contributed by atoms with Gasteiger partial charge >= 0.3 is 0 Å². The van der Waals surface area contributed by atoms with Crippen molar-refractivity contribution < 1.29 is 9.53 Å². The molecule has 106 valence electrons. The number of nitrogens with zero attached hydrogens (tertiary/aromatic N) is 2. The van der Waals surface area contributed by atoms with E-state index in [0.717, 1.165) is 31.2 Å². The summed E-state index contributed by atoms with van der Waals surface area (Å²) >= 11 is 0. The van der Waals surface area contributed by atoms with Crippen LogP contribution >= 0.6 is 0 Å². The van der Waals surface area contributed by atoms with E-state index in [9.17, 15) is 10.1 Å². The van der Waals surface area contributed by atoms with Crippen LogP contribution in [0.1, 0.15) is 38.2 Å². The fourth-order valence-corrected chi connectivity index (χ4v) is 2.90. The first-order chi connectivity index (χ1) is 9.59. The second-order valence-electron chi connectivity index (χ2n) is 5.67. The van der Waals surface area contributed by atoms with Crippen molar-refractivity contribution in [1.29, 1.82) is 5.26 Å². The Morgan fingerprint density at radius 1 is 1.55 bits per heavy atom. The molecule has 0 saturated heterocycles. The van der Waals surface area contributed by atoms with Gasteiger partial charge in [0.25, 0.3) is 0 Å². The summed E-state index contributed by atoms with van der Waals surface area (Å²) in [5, 5.41) is 9.49. The summed E-state index contributed by atoms with van der Waals surface area (Å²) < 4.78 is 5.08. The lowest BCUT2D eigenvalue weighted by Gasteiger charge is -2.23. The van der Waals surface area contributed by atoms with Crippen LogP contribution in [0.4, 0.5) is 0 Å². The number of Topliss-reactive ketones (excluding diaryl/α,β-unsaturated/α-hetero) is 1. The summed E-state index contributed by atoms with van der Waals surface area (Å²) in [5.74, 6) is 0.660. The molecule has 0 amide bonds. The van der Waals surface area contributed by atoms with E-state index in [1.165, 1.54) is 0 Å². The third-order valence-corrected chi connectivity index (χ3v) is 4.08. The quantitative estimate of drug-likeness (QED) is 0.826. The molecule has 0 spiro atoms. The van der Waals surface area contributed by atoms with Crippen LogP contribution in [-0.2, 0) is 11.2 Å². The van der Waals surface area contributed by atoms with Crippen molar-refractivity contribution in [2.75, 3.05) is 7.11 Å². The van der Waals surface area contributed by atoms with E-state index in [1.54, 1.807) is 26.3 Å². The number of aromatic nitrogens is 1. The topological polar surface area (TPSA) is 63.0 Å². The normalized spacial score (nSPS) is 18.2. The lowest BCUT2D eigenvalue weighted by atomic mass is 9.76. The molecule has 1 unspecified atom stereocenters. The van der Waals surface area contributed by atoms with Crippen LogP contribution in [0.5, 0.6) is 5.88 Å². The van der Waals surface area contributed by atoms with E-state index in [1.807, 2.05) is 6.07 Å². The van der Waals surface area contributed by atoms with Gasteiger partial charge in [0, 0.05) is 18.2 Å². The summed E-state index contributed by atoms with van der Waals surface area (Å²) in [7, 11) is 1.55.